The maximum absolute atomic E-state index is 14.2. The van der Waals surface area contributed by atoms with Crippen LogP contribution in [0.3, 0.4) is 0 Å². The maximum atomic E-state index is 14.2. The third kappa shape index (κ3) is 3.36. The lowest BCUT2D eigenvalue weighted by Crippen LogP contribution is -2.13. The zero-order valence-corrected chi connectivity index (χ0v) is 14.2. The molecule has 0 aliphatic carbocycles. The van der Waals surface area contributed by atoms with Crippen molar-refractivity contribution in [2.24, 2.45) is 0 Å². The van der Waals surface area contributed by atoms with E-state index < -0.39 is 11.7 Å². The number of nitrogens with zero attached hydrogens (tertiary/aromatic N) is 1. The quantitative estimate of drug-likeness (QED) is 0.438. The molecule has 0 bridgehead atoms. The number of aromatic amines is 1. The second kappa shape index (κ2) is 6.76. The zero-order valence-electron chi connectivity index (χ0n) is 14.2. The Labute approximate surface area is 154 Å². The van der Waals surface area contributed by atoms with Gasteiger partial charge in [0.1, 0.15) is 0 Å². The molecule has 0 aliphatic heterocycles. The van der Waals surface area contributed by atoms with E-state index >= 15 is 0 Å². The fourth-order valence-corrected chi connectivity index (χ4v) is 3.21. The van der Waals surface area contributed by atoms with Gasteiger partial charge in [-0.15, -0.1) is 0 Å². The standard InChI is InChI=1S/C22H15F3N2/c23-22(24,25)21(16-9-5-2-6-10-16)20(15-7-3-1-4-8-15)17-11-12-19-18(13-17)14-26-27-19/h1-14H,(H,26,27)/b21-20-. The van der Waals surface area contributed by atoms with Gasteiger partial charge in [-0.25, -0.2) is 0 Å². The predicted molar refractivity (Wildman–Crippen MR) is 101 cm³/mol. The monoisotopic (exact) mass is 364 g/mol. The number of benzene rings is 3. The molecule has 5 heteroatoms. The third-order valence-electron chi connectivity index (χ3n) is 4.39. The van der Waals surface area contributed by atoms with E-state index in [1.54, 1.807) is 72.9 Å². The van der Waals surface area contributed by atoms with Gasteiger partial charge in [0, 0.05) is 11.0 Å². The summed E-state index contributed by atoms with van der Waals surface area (Å²) in [6.45, 7) is 0. The largest absolute Gasteiger partial charge is 0.417 e. The molecule has 134 valence electrons. The highest BCUT2D eigenvalue weighted by Crippen LogP contribution is 2.42. The van der Waals surface area contributed by atoms with Crippen molar-refractivity contribution < 1.29 is 13.2 Å². The molecule has 0 radical (unpaired) electrons. The zero-order chi connectivity index (χ0) is 18.9. The first-order valence-corrected chi connectivity index (χ1v) is 8.40. The lowest BCUT2D eigenvalue weighted by Gasteiger charge is -2.19. The minimum Gasteiger partial charge on any atom is -0.278 e. The first-order chi connectivity index (χ1) is 13.0. The fraction of sp³-hybridized carbons (Fsp3) is 0.0455. The van der Waals surface area contributed by atoms with Gasteiger partial charge in [0.05, 0.1) is 17.3 Å². The highest BCUT2D eigenvalue weighted by Gasteiger charge is 2.38. The predicted octanol–water partition coefficient (Wildman–Crippen LogP) is 6.08. The topological polar surface area (TPSA) is 28.7 Å². The molecule has 0 fully saturated rings. The summed E-state index contributed by atoms with van der Waals surface area (Å²) in [7, 11) is 0. The summed E-state index contributed by atoms with van der Waals surface area (Å²) < 4.78 is 42.6. The van der Waals surface area contributed by atoms with Crippen LogP contribution < -0.4 is 0 Å². The van der Waals surface area contributed by atoms with Crippen molar-refractivity contribution in [1.29, 1.82) is 0 Å². The lowest BCUT2D eigenvalue weighted by atomic mass is 9.88. The molecule has 27 heavy (non-hydrogen) atoms. The molecule has 0 saturated carbocycles. The summed E-state index contributed by atoms with van der Waals surface area (Å²) >= 11 is 0. The highest BCUT2D eigenvalue weighted by molar-refractivity contribution is 6.01. The number of nitrogens with one attached hydrogen (secondary N) is 1. The number of hydrogen-bond acceptors (Lipinski definition) is 1. The Morgan fingerprint density at radius 1 is 0.741 bits per heavy atom. The molecule has 4 rings (SSSR count). The molecule has 1 aromatic heterocycles. The van der Waals surface area contributed by atoms with Crippen molar-refractivity contribution in [3.8, 4) is 0 Å². The van der Waals surface area contributed by atoms with E-state index in [4.69, 9.17) is 0 Å². The van der Waals surface area contributed by atoms with Gasteiger partial charge in [-0.3, -0.25) is 5.10 Å². The normalized spacial score (nSPS) is 12.9. The van der Waals surface area contributed by atoms with Crippen molar-refractivity contribution in [3.05, 3.63) is 102 Å². The average Bonchev–Trinajstić information content (AvgIpc) is 3.14. The number of hydrogen-bond donors (Lipinski definition) is 1. The maximum Gasteiger partial charge on any atom is 0.417 e. The fourth-order valence-electron chi connectivity index (χ4n) is 3.21. The summed E-state index contributed by atoms with van der Waals surface area (Å²) in [6.07, 6.45) is -2.91. The molecule has 0 spiro atoms. The molecule has 4 aromatic rings. The molecular weight excluding hydrogens is 349 g/mol. The molecule has 3 aromatic carbocycles. The van der Waals surface area contributed by atoms with Crippen molar-refractivity contribution in [2.45, 2.75) is 6.18 Å². The second-order valence-corrected chi connectivity index (χ2v) is 6.15. The van der Waals surface area contributed by atoms with Crippen LogP contribution in [0.15, 0.2) is 85.1 Å². The number of H-pyrrole nitrogens is 1. The molecular formula is C22H15F3N2. The highest BCUT2D eigenvalue weighted by atomic mass is 19.4. The number of rotatable bonds is 3. The van der Waals surface area contributed by atoms with Crippen LogP contribution in [0, 0.1) is 0 Å². The number of allylic oxidation sites excluding steroid dienone is 1. The molecule has 1 N–H and O–H groups in total. The smallest absolute Gasteiger partial charge is 0.278 e. The lowest BCUT2D eigenvalue weighted by molar-refractivity contribution is -0.0685. The van der Waals surface area contributed by atoms with Gasteiger partial charge < -0.3 is 0 Å². The Balaban J connectivity index is 2.08. The van der Waals surface area contributed by atoms with Crippen LogP contribution in [0.4, 0.5) is 13.2 Å². The van der Waals surface area contributed by atoms with Crippen LogP contribution in [-0.2, 0) is 0 Å². The molecule has 0 amide bonds. The first kappa shape index (κ1) is 17.1. The van der Waals surface area contributed by atoms with Crippen molar-refractivity contribution >= 4 is 22.0 Å². The van der Waals surface area contributed by atoms with Crippen LogP contribution >= 0.6 is 0 Å². The van der Waals surface area contributed by atoms with Gasteiger partial charge in [-0.2, -0.15) is 18.3 Å². The SMILES string of the molecule is FC(F)(F)/C(=C(/c1ccccc1)c1ccc2[nH]ncc2c1)c1ccccc1. The number of alkyl halides is 3. The Kier molecular flexibility index (Phi) is 4.28. The summed E-state index contributed by atoms with van der Waals surface area (Å²) in [5.74, 6) is 0. The summed E-state index contributed by atoms with van der Waals surface area (Å²) in [5.41, 5.74) is 1.41. The van der Waals surface area contributed by atoms with Crippen LogP contribution in [0.5, 0.6) is 0 Å². The Hall–Kier alpha value is -3.34. The molecule has 1 heterocycles. The van der Waals surface area contributed by atoms with E-state index in [-0.39, 0.29) is 11.1 Å². The first-order valence-electron chi connectivity index (χ1n) is 8.40. The van der Waals surface area contributed by atoms with E-state index in [1.165, 1.54) is 12.1 Å². The number of aromatic nitrogens is 2. The second-order valence-electron chi connectivity index (χ2n) is 6.15. The van der Waals surface area contributed by atoms with Crippen LogP contribution in [0.2, 0.25) is 0 Å². The van der Waals surface area contributed by atoms with E-state index in [9.17, 15) is 13.2 Å². The molecule has 0 unspecified atom stereocenters. The van der Waals surface area contributed by atoms with E-state index in [0.29, 0.717) is 11.1 Å². The summed E-state index contributed by atoms with van der Waals surface area (Å²) in [5, 5.41) is 7.55. The molecule has 0 aliphatic rings. The Morgan fingerprint density at radius 2 is 1.37 bits per heavy atom. The Bertz CT molecular complexity index is 1090. The van der Waals surface area contributed by atoms with Crippen LogP contribution in [-0.4, -0.2) is 16.4 Å². The number of halogens is 3. The van der Waals surface area contributed by atoms with Crippen molar-refractivity contribution in [2.75, 3.05) is 0 Å². The number of fused-ring (bicyclic) bond motifs is 1. The Morgan fingerprint density at radius 3 is 2.00 bits per heavy atom. The van der Waals surface area contributed by atoms with Crippen LogP contribution in [0.1, 0.15) is 16.7 Å². The van der Waals surface area contributed by atoms with Crippen molar-refractivity contribution in [1.82, 2.24) is 10.2 Å². The van der Waals surface area contributed by atoms with Gasteiger partial charge in [-0.05, 0) is 28.8 Å². The van der Waals surface area contributed by atoms with E-state index in [0.717, 1.165) is 10.9 Å². The minimum atomic E-state index is -4.52. The third-order valence-corrected chi connectivity index (χ3v) is 4.39. The van der Waals surface area contributed by atoms with Gasteiger partial charge in [0.2, 0.25) is 0 Å². The van der Waals surface area contributed by atoms with E-state index in [1.807, 2.05) is 0 Å². The van der Waals surface area contributed by atoms with Gasteiger partial charge >= 0.3 is 6.18 Å². The average molecular weight is 364 g/mol. The van der Waals surface area contributed by atoms with Gasteiger partial charge in [0.25, 0.3) is 0 Å². The van der Waals surface area contributed by atoms with Crippen LogP contribution in [0.25, 0.3) is 22.0 Å². The van der Waals surface area contributed by atoms with Gasteiger partial charge in [0.15, 0.2) is 0 Å². The molecule has 0 atom stereocenters. The van der Waals surface area contributed by atoms with Crippen molar-refractivity contribution in [3.63, 3.8) is 0 Å². The van der Waals surface area contributed by atoms with Gasteiger partial charge in [-0.1, -0.05) is 66.7 Å². The minimum absolute atomic E-state index is 0.135. The molecule has 0 saturated heterocycles. The summed E-state index contributed by atoms with van der Waals surface area (Å²) in [4.78, 5) is 0. The summed E-state index contributed by atoms with van der Waals surface area (Å²) in [6, 6.07) is 21.7. The molecule has 2 nitrogen and oxygen atoms in total. The van der Waals surface area contributed by atoms with E-state index in [2.05, 4.69) is 10.2 Å².